The summed E-state index contributed by atoms with van der Waals surface area (Å²) in [6.07, 6.45) is 2.99. The highest BCUT2D eigenvalue weighted by Gasteiger charge is 2.28. The van der Waals surface area contributed by atoms with Gasteiger partial charge in [0, 0.05) is 19.2 Å². The molecule has 1 aliphatic heterocycles. The monoisotopic (exact) mass is 498 g/mol. The van der Waals surface area contributed by atoms with Gasteiger partial charge in [-0.2, -0.15) is 5.21 Å². The van der Waals surface area contributed by atoms with Gasteiger partial charge in [0.15, 0.2) is 12.1 Å². The van der Waals surface area contributed by atoms with E-state index in [1.54, 1.807) is 18.3 Å². The van der Waals surface area contributed by atoms with Crippen LogP contribution < -0.4 is 10.1 Å². The Morgan fingerprint density at radius 2 is 1.86 bits per heavy atom. The van der Waals surface area contributed by atoms with Gasteiger partial charge in [0.1, 0.15) is 5.56 Å². The van der Waals surface area contributed by atoms with Gasteiger partial charge in [0.05, 0.1) is 5.41 Å². The molecule has 0 spiro atoms. The maximum absolute atomic E-state index is 13.0. The second kappa shape index (κ2) is 10.5. The fraction of sp³-hybridized carbons (Fsp3) is 0.222. The average Bonchev–Trinajstić information content (AvgIpc) is 3.62. The van der Waals surface area contributed by atoms with Crippen molar-refractivity contribution in [3.8, 4) is 5.88 Å². The van der Waals surface area contributed by atoms with E-state index >= 15 is 0 Å². The maximum Gasteiger partial charge on any atom is 0.325 e. The number of amides is 1. The predicted octanol–water partition coefficient (Wildman–Crippen LogP) is 3.64. The van der Waals surface area contributed by atoms with Crippen molar-refractivity contribution in [2.45, 2.75) is 38.5 Å². The maximum atomic E-state index is 13.0. The minimum Gasteiger partial charge on any atom is -0.455 e. The van der Waals surface area contributed by atoms with Gasteiger partial charge in [-0.15, -0.1) is 10.2 Å². The molecule has 1 amide bonds. The minimum atomic E-state index is -0.508. The van der Waals surface area contributed by atoms with Crippen LogP contribution in [0.3, 0.4) is 0 Å². The third-order valence-corrected chi connectivity index (χ3v) is 6.05. The second-order valence-corrected chi connectivity index (χ2v) is 9.01. The van der Waals surface area contributed by atoms with E-state index in [1.807, 2.05) is 68.4 Å². The number of hydrogen-bond acceptors (Lipinski definition) is 8. The molecule has 1 atom stereocenters. The number of hydrogen-bond donors (Lipinski definition) is 2. The second-order valence-electron chi connectivity index (χ2n) is 9.01. The number of carbonyl (C=O) groups excluding carboxylic acids is 1. The zero-order valence-electron chi connectivity index (χ0n) is 20.4. The summed E-state index contributed by atoms with van der Waals surface area (Å²) in [5.74, 6) is 0.566. The summed E-state index contributed by atoms with van der Waals surface area (Å²) in [5.41, 5.74) is 2.92. The van der Waals surface area contributed by atoms with Crippen molar-refractivity contribution >= 4 is 5.91 Å². The molecule has 10 nitrogen and oxygen atoms in total. The van der Waals surface area contributed by atoms with Gasteiger partial charge < -0.3 is 19.5 Å². The van der Waals surface area contributed by atoms with Crippen molar-refractivity contribution in [3.63, 3.8) is 0 Å². The summed E-state index contributed by atoms with van der Waals surface area (Å²) in [6, 6.07) is 21.1. The number of aromatic nitrogens is 5. The topological polar surface area (TPSA) is 124 Å². The lowest BCUT2D eigenvalue weighted by atomic mass is 9.83. The Balaban J connectivity index is 1.18. The Morgan fingerprint density at radius 1 is 1.05 bits per heavy atom. The molecule has 2 N–H and O–H groups in total. The molecule has 2 aromatic heterocycles. The molecule has 1 unspecified atom stereocenters. The van der Waals surface area contributed by atoms with Crippen molar-refractivity contribution in [3.05, 3.63) is 113 Å². The zero-order valence-corrected chi connectivity index (χ0v) is 20.4. The normalized spacial score (nSPS) is 14.9. The Hall–Kier alpha value is -4.73. The van der Waals surface area contributed by atoms with Gasteiger partial charge in [-0.3, -0.25) is 4.79 Å². The third kappa shape index (κ3) is 5.58. The number of pyridine rings is 1. The first-order chi connectivity index (χ1) is 18.0. The number of nitrogens with one attached hydrogen (secondary N) is 2. The van der Waals surface area contributed by atoms with Crippen molar-refractivity contribution < 1.29 is 19.0 Å². The third-order valence-electron chi connectivity index (χ3n) is 6.05. The lowest BCUT2D eigenvalue weighted by Crippen LogP contribution is -2.24. The highest BCUT2D eigenvalue weighted by molar-refractivity contribution is 5.96. The summed E-state index contributed by atoms with van der Waals surface area (Å²) in [5, 5.41) is 17.3. The molecular formula is C27H26N6O4. The standard InChI is InChI=1S/C27H26N6O4/c1-27(2,26-30-32-33-31-26)20-12-10-19(11-13-20)16-29-24(34)21-9-6-14-28-25(21)37-23-17-35-22(36-23)15-18-7-4-3-5-8-18/h3-14,17,22H,15-16H2,1-2H3,(H,29,34)(H,30,31,32,33). The van der Waals surface area contributed by atoms with E-state index in [2.05, 4.69) is 30.9 Å². The van der Waals surface area contributed by atoms with E-state index in [4.69, 9.17) is 14.2 Å². The molecule has 1 aliphatic rings. The van der Waals surface area contributed by atoms with E-state index in [0.717, 1.165) is 16.7 Å². The fourth-order valence-corrected chi connectivity index (χ4v) is 3.87. The lowest BCUT2D eigenvalue weighted by molar-refractivity contribution is -0.0525. The largest absolute Gasteiger partial charge is 0.455 e. The molecule has 0 aliphatic carbocycles. The molecule has 188 valence electrons. The van der Waals surface area contributed by atoms with Gasteiger partial charge in [0.2, 0.25) is 12.2 Å². The van der Waals surface area contributed by atoms with E-state index in [0.29, 0.717) is 18.8 Å². The Bertz CT molecular complexity index is 1370. The highest BCUT2D eigenvalue weighted by atomic mass is 16.8. The Morgan fingerprint density at radius 3 is 2.62 bits per heavy atom. The van der Waals surface area contributed by atoms with Crippen LogP contribution >= 0.6 is 0 Å². The Kier molecular flexibility index (Phi) is 6.80. The molecule has 0 bridgehead atoms. The lowest BCUT2D eigenvalue weighted by Gasteiger charge is -2.21. The van der Waals surface area contributed by atoms with E-state index < -0.39 is 11.7 Å². The molecule has 10 heteroatoms. The predicted molar refractivity (Wildman–Crippen MR) is 133 cm³/mol. The number of benzene rings is 2. The van der Waals surface area contributed by atoms with Crippen molar-refractivity contribution in [1.29, 1.82) is 0 Å². The van der Waals surface area contributed by atoms with Gasteiger partial charge in [-0.1, -0.05) is 59.8 Å². The molecular weight excluding hydrogens is 472 g/mol. The number of ether oxygens (including phenoxy) is 3. The van der Waals surface area contributed by atoms with E-state index in [1.165, 1.54) is 6.26 Å². The molecule has 0 saturated heterocycles. The summed E-state index contributed by atoms with van der Waals surface area (Å²) < 4.78 is 17.0. The zero-order chi connectivity index (χ0) is 25.7. The minimum absolute atomic E-state index is 0.132. The van der Waals surface area contributed by atoms with Gasteiger partial charge in [-0.25, -0.2) is 4.98 Å². The van der Waals surface area contributed by atoms with Gasteiger partial charge in [0.25, 0.3) is 5.91 Å². The molecule has 2 aromatic carbocycles. The summed E-state index contributed by atoms with van der Waals surface area (Å²) in [6.45, 7) is 4.38. The van der Waals surface area contributed by atoms with E-state index in [9.17, 15) is 4.79 Å². The molecule has 5 rings (SSSR count). The quantitative estimate of drug-likeness (QED) is 0.358. The molecule has 37 heavy (non-hydrogen) atoms. The van der Waals surface area contributed by atoms with Crippen LogP contribution in [0.4, 0.5) is 0 Å². The number of tetrazole rings is 1. The average molecular weight is 499 g/mol. The molecule has 0 radical (unpaired) electrons. The first-order valence-electron chi connectivity index (χ1n) is 11.8. The van der Waals surface area contributed by atoms with Crippen molar-refractivity contribution in [2.75, 3.05) is 0 Å². The number of nitrogens with zero attached hydrogens (tertiary/aromatic N) is 4. The molecule has 3 heterocycles. The van der Waals surface area contributed by atoms with Crippen LogP contribution in [0.5, 0.6) is 5.88 Å². The van der Waals surface area contributed by atoms with Crippen LogP contribution in [0.15, 0.2) is 85.1 Å². The smallest absolute Gasteiger partial charge is 0.325 e. The van der Waals surface area contributed by atoms with Crippen LogP contribution in [-0.4, -0.2) is 37.8 Å². The number of aromatic amines is 1. The molecule has 0 saturated carbocycles. The Labute approximate surface area is 213 Å². The van der Waals surface area contributed by atoms with Crippen LogP contribution in [0.25, 0.3) is 0 Å². The van der Waals surface area contributed by atoms with Crippen molar-refractivity contribution in [1.82, 2.24) is 30.9 Å². The van der Waals surface area contributed by atoms with Crippen LogP contribution in [-0.2, 0) is 27.9 Å². The van der Waals surface area contributed by atoms with Crippen LogP contribution in [0, 0.1) is 0 Å². The first-order valence-corrected chi connectivity index (χ1v) is 11.8. The van der Waals surface area contributed by atoms with Gasteiger partial charge in [-0.05, 0) is 42.7 Å². The summed E-state index contributed by atoms with van der Waals surface area (Å²) in [4.78, 5) is 17.2. The van der Waals surface area contributed by atoms with E-state index in [-0.39, 0.29) is 23.3 Å². The van der Waals surface area contributed by atoms with Crippen LogP contribution in [0.1, 0.15) is 46.7 Å². The highest BCUT2D eigenvalue weighted by Crippen LogP contribution is 2.28. The SMILES string of the molecule is CC(C)(c1ccc(CNC(=O)c2cccnc2OC2=COC(Cc3ccccc3)O2)cc1)c1nn[nH]n1. The molecule has 0 fully saturated rings. The first kappa shape index (κ1) is 24.0. The number of H-pyrrole nitrogens is 1. The van der Waals surface area contributed by atoms with Crippen molar-refractivity contribution in [2.24, 2.45) is 0 Å². The summed E-state index contributed by atoms with van der Waals surface area (Å²) >= 11 is 0. The summed E-state index contributed by atoms with van der Waals surface area (Å²) in [7, 11) is 0. The molecule has 4 aromatic rings. The van der Waals surface area contributed by atoms with Gasteiger partial charge >= 0.3 is 5.95 Å². The van der Waals surface area contributed by atoms with Crippen LogP contribution in [0.2, 0.25) is 0 Å². The number of rotatable bonds is 9. The number of carbonyl (C=O) groups is 1. The fourth-order valence-electron chi connectivity index (χ4n) is 3.87.